The van der Waals surface area contributed by atoms with Crippen LogP contribution in [0.15, 0.2) is 18.2 Å². The molecule has 0 radical (unpaired) electrons. The maximum Gasteiger partial charge on any atom is 0.252 e. The molecule has 7 nitrogen and oxygen atoms in total. The number of nitrogens with zero attached hydrogens (tertiary/aromatic N) is 3. The molecular weight excluding hydrogens is 294 g/mol. The predicted molar refractivity (Wildman–Crippen MR) is 86.2 cm³/mol. The van der Waals surface area contributed by atoms with Crippen molar-refractivity contribution >= 4 is 23.5 Å². The SMILES string of the molecule is CCc1nc2n(n1)[C@@H](CC(=O)Nc1ccc(C)c(C)c1)C(=O)N2. The summed E-state index contributed by atoms with van der Waals surface area (Å²) in [7, 11) is 0. The second-order valence-electron chi connectivity index (χ2n) is 5.71. The lowest BCUT2D eigenvalue weighted by Gasteiger charge is -2.11. The molecule has 0 saturated heterocycles. The Morgan fingerprint density at radius 1 is 1.35 bits per heavy atom. The van der Waals surface area contributed by atoms with Crippen molar-refractivity contribution in [1.29, 1.82) is 0 Å². The second-order valence-corrected chi connectivity index (χ2v) is 5.71. The highest BCUT2D eigenvalue weighted by Crippen LogP contribution is 2.25. The Morgan fingerprint density at radius 2 is 2.13 bits per heavy atom. The quantitative estimate of drug-likeness (QED) is 0.903. The Morgan fingerprint density at radius 3 is 2.83 bits per heavy atom. The normalized spacial score (nSPS) is 16.1. The van der Waals surface area contributed by atoms with Crippen LogP contribution in [0.3, 0.4) is 0 Å². The second kappa shape index (κ2) is 5.83. The summed E-state index contributed by atoms with van der Waals surface area (Å²) in [6.45, 7) is 5.94. The number of fused-ring (bicyclic) bond motifs is 1. The number of hydrogen-bond donors (Lipinski definition) is 2. The lowest BCUT2D eigenvalue weighted by atomic mass is 10.1. The minimum Gasteiger partial charge on any atom is -0.326 e. The van der Waals surface area contributed by atoms with Gasteiger partial charge in [0.05, 0.1) is 6.42 Å². The van der Waals surface area contributed by atoms with Gasteiger partial charge in [0.25, 0.3) is 5.91 Å². The standard InChI is InChI=1S/C16H19N5O2/c1-4-13-18-16-19-15(23)12(21(16)20-13)8-14(22)17-11-6-5-9(2)10(3)7-11/h5-7,12H,4,8H2,1-3H3,(H,17,22)(H,18,19,20,23)/t12-/m0/s1. The average Bonchev–Trinajstić information content (AvgIpc) is 3.02. The van der Waals surface area contributed by atoms with Gasteiger partial charge >= 0.3 is 0 Å². The van der Waals surface area contributed by atoms with Crippen molar-refractivity contribution in [3.8, 4) is 0 Å². The Kier molecular flexibility index (Phi) is 3.85. The molecule has 2 heterocycles. The Hall–Kier alpha value is -2.70. The molecule has 1 aliphatic rings. The number of anilines is 2. The van der Waals surface area contributed by atoms with Gasteiger partial charge in [-0.2, -0.15) is 10.1 Å². The molecule has 0 fully saturated rings. The molecule has 1 aliphatic heterocycles. The number of carbonyl (C=O) groups excluding carboxylic acids is 2. The molecule has 2 amide bonds. The number of nitrogens with one attached hydrogen (secondary N) is 2. The van der Waals surface area contributed by atoms with Crippen LogP contribution in [-0.4, -0.2) is 26.6 Å². The van der Waals surface area contributed by atoms with E-state index < -0.39 is 6.04 Å². The summed E-state index contributed by atoms with van der Waals surface area (Å²) in [6.07, 6.45) is 0.704. The van der Waals surface area contributed by atoms with Crippen LogP contribution < -0.4 is 10.6 Å². The largest absolute Gasteiger partial charge is 0.326 e. The number of hydrogen-bond acceptors (Lipinski definition) is 4. The zero-order valence-corrected chi connectivity index (χ0v) is 13.4. The van der Waals surface area contributed by atoms with E-state index in [1.54, 1.807) is 0 Å². The van der Waals surface area contributed by atoms with E-state index in [0.29, 0.717) is 18.2 Å². The van der Waals surface area contributed by atoms with Gasteiger partial charge in [0.2, 0.25) is 11.9 Å². The summed E-state index contributed by atoms with van der Waals surface area (Å²) in [4.78, 5) is 28.4. The molecule has 2 aromatic rings. The lowest BCUT2D eigenvalue weighted by Crippen LogP contribution is -2.24. The highest BCUT2D eigenvalue weighted by molar-refractivity contribution is 6.00. The monoisotopic (exact) mass is 313 g/mol. The van der Waals surface area contributed by atoms with Crippen molar-refractivity contribution in [1.82, 2.24) is 14.8 Å². The minimum atomic E-state index is -0.649. The van der Waals surface area contributed by atoms with E-state index in [2.05, 4.69) is 20.7 Å². The highest BCUT2D eigenvalue weighted by Gasteiger charge is 2.34. The fraction of sp³-hybridized carbons (Fsp3) is 0.375. The zero-order chi connectivity index (χ0) is 16.6. The van der Waals surface area contributed by atoms with Crippen molar-refractivity contribution in [2.75, 3.05) is 10.6 Å². The van der Waals surface area contributed by atoms with E-state index in [1.165, 1.54) is 4.68 Å². The molecule has 0 unspecified atom stereocenters. The van der Waals surface area contributed by atoms with Crippen LogP contribution in [0, 0.1) is 13.8 Å². The molecule has 3 rings (SSSR count). The van der Waals surface area contributed by atoms with E-state index in [4.69, 9.17) is 0 Å². The summed E-state index contributed by atoms with van der Waals surface area (Å²) in [5, 5.41) is 9.76. The zero-order valence-electron chi connectivity index (χ0n) is 13.4. The van der Waals surface area contributed by atoms with Crippen LogP contribution in [0.2, 0.25) is 0 Å². The van der Waals surface area contributed by atoms with Crippen molar-refractivity contribution < 1.29 is 9.59 Å². The Balaban J connectivity index is 1.71. The van der Waals surface area contributed by atoms with Crippen molar-refractivity contribution in [2.24, 2.45) is 0 Å². The predicted octanol–water partition coefficient (Wildman–Crippen LogP) is 1.98. The molecule has 1 aromatic carbocycles. The first kappa shape index (κ1) is 15.2. The van der Waals surface area contributed by atoms with Crippen LogP contribution in [0.4, 0.5) is 11.6 Å². The first-order chi connectivity index (χ1) is 11.0. The van der Waals surface area contributed by atoms with Gasteiger partial charge in [-0.1, -0.05) is 13.0 Å². The van der Waals surface area contributed by atoms with Crippen LogP contribution in [0.25, 0.3) is 0 Å². The molecule has 1 atom stereocenters. The van der Waals surface area contributed by atoms with Crippen molar-refractivity contribution in [2.45, 2.75) is 39.7 Å². The first-order valence-corrected chi connectivity index (χ1v) is 7.61. The third-order valence-corrected chi connectivity index (χ3v) is 3.99. The average molecular weight is 313 g/mol. The summed E-state index contributed by atoms with van der Waals surface area (Å²) in [6, 6.07) is 5.07. The third kappa shape index (κ3) is 2.94. The van der Waals surface area contributed by atoms with E-state index in [0.717, 1.165) is 16.8 Å². The number of aryl methyl sites for hydroxylation is 3. The molecule has 1 aromatic heterocycles. The number of benzene rings is 1. The van der Waals surface area contributed by atoms with E-state index in [-0.39, 0.29) is 18.2 Å². The van der Waals surface area contributed by atoms with Crippen LogP contribution in [-0.2, 0) is 16.0 Å². The molecule has 0 bridgehead atoms. The molecule has 2 N–H and O–H groups in total. The Labute approximate surface area is 134 Å². The number of amides is 2. The van der Waals surface area contributed by atoms with Crippen LogP contribution >= 0.6 is 0 Å². The van der Waals surface area contributed by atoms with Crippen molar-refractivity contribution in [3.63, 3.8) is 0 Å². The van der Waals surface area contributed by atoms with Gasteiger partial charge in [-0.15, -0.1) is 0 Å². The van der Waals surface area contributed by atoms with Crippen LogP contribution in [0.5, 0.6) is 0 Å². The molecule has 0 aliphatic carbocycles. The molecule has 7 heteroatoms. The topological polar surface area (TPSA) is 88.9 Å². The third-order valence-electron chi connectivity index (χ3n) is 3.99. The Bertz CT molecular complexity index is 781. The number of rotatable bonds is 4. The van der Waals surface area contributed by atoms with Crippen LogP contribution in [0.1, 0.15) is 36.3 Å². The van der Waals surface area contributed by atoms with Gasteiger partial charge in [0.15, 0.2) is 5.82 Å². The fourth-order valence-corrected chi connectivity index (χ4v) is 2.51. The van der Waals surface area contributed by atoms with Crippen molar-refractivity contribution in [3.05, 3.63) is 35.2 Å². The summed E-state index contributed by atoms with van der Waals surface area (Å²) < 4.78 is 1.50. The first-order valence-electron chi connectivity index (χ1n) is 7.61. The van der Waals surface area contributed by atoms with Gasteiger partial charge < -0.3 is 5.32 Å². The minimum absolute atomic E-state index is 0.0261. The maximum atomic E-state index is 12.2. The maximum absolute atomic E-state index is 12.2. The fourth-order valence-electron chi connectivity index (χ4n) is 2.51. The lowest BCUT2D eigenvalue weighted by molar-refractivity contribution is -0.123. The highest BCUT2D eigenvalue weighted by atomic mass is 16.2. The van der Waals surface area contributed by atoms with Gasteiger partial charge in [-0.25, -0.2) is 4.68 Å². The smallest absolute Gasteiger partial charge is 0.252 e. The van der Waals surface area contributed by atoms with Gasteiger partial charge in [0, 0.05) is 12.1 Å². The molecule has 0 spiro atoms. The van der Waals surface area contributed by atoms with Gasteiger partial charge in [-0.05, 0) is 37.1 Å². The number of carbonyl (C=O) groups is 2. The van der Waals surface area contributed by atoms with E-state index in [1.807, 2.05) is 39.0 Å². The molecular formula is C16H19N5O2. The van der Waals surface area contributed by atoms with E-state index >= 15 is 0 Å². The summed E-state index contributed by atoms with van der Waals surface area (Å²) in [5.74, 6) is 0.586. The van der Waals surface area contributed by atoms with Gasteiger partial charge in [-0.3, -0.25) is 14.9 Å². The molecule has 0 saturated carbocycles. The number of aromatic nitrogens is 3. The molecule has 23 heavy (non-hydrogen) atoms. The van der Waals surface area contributed by atoms with E-state index in [9.17, 15) is 9.59 Å². The summed E-state index contributed by atoms with van der Waals surface area (Å²) >= 11 is 0. The van der Waals surface area contributed by atoms with Gasteiger partial charge in [0.1, 0.15) is 6.04 Å². The summed E-state index contributed by atoms with van der Waals surface area (Å²) in [5.41, 5.74) is 3.00. The molecule has 120 valence electrons.